The topological polar surface area (TPSA) is 20.2 Å². The minimum absolute atomic E-state index is 0.189. The number of aliphatic hydroxyl groups is 1. The predicted octanol–water partition coefficient (Wildman–Crippen LogP) is 3.61. The summed E-state index contributed by atoms with van der Waals surface area (Å²) in [4.78, 5) is 0. The van der Waals surface area contributed by atoms with Gasteiger partial charge in [0, 0.05) is 0 Å². The quantitative estimate of drug-likeness (QED) is 0.879. The fraction of sp³-hybridized carbons (Fsp3) is 0.200. The maximum atomic E-state index is 13.8. The van der Waals surface area contributed by atoms with Gasteiger partial charge >= 0.3 is 0 Å². The zero-order valence-corrected chi connectivity index (χ0v) is 10.0. The van der Waals surface area contributed by atoms with Crippen LogP contribution in [0.2, 0.25) is 0 Å². The highest BCUT2D eigenvalue weighted by molar-refractivity contribution is 5.37. The van der Waals surface area contributed by atoms with E-state index in [0.29, 0.717) is 5.56 Å². The summed E-state index contributed by atoms with van der Waals surface area (Å²) < 4.78 is 27.6. The van der Waals surface area contributed by atoms with Gasteiger partial charge in [0.05, 0.1) is 5.56 Å². The second kappa shape index (κ2) is 4.86. The largest absolute Gasteiger partial charge is 0.380 e. The molecule has 2 rings (SSSR count). The van der Waals surface area contributed by atoms with Crippen LogP contribution in [0, 0.1) is 11.6 Å². The first-order valence-corrected chi connectivity index (χ1v) is 5.82. The highest BCUT2D eigenvalue weighted by Crippen LogP contribution is 2.35. The van der Waals surface area contributed by atoms with E-state index in [2.05, 4.69) is 0 Å². The van der Waals surface area contributed by atoms with Crippen LogP contribution in [-0.2, 0) is 5.60 Å². The van der Waals surface area contributed by atoms with Crippen molar-refractivity contribution < 1.29 is 13.9 Å². The number of benzene rings is 2. The third-order valence-corrected chi connectivity index (χ3v) is 3.14. The Morgan fingerprint density at radius 2 is 1.50 bits per heavy atom. The summed E-state index contributed by atoms with van der Waals surface area (Å²) >= 11 is 0. The van der Waals surface area contributed by atoms with Crippen LogP contribution in [0.5, 0.6) is 0 Å². The summed E-state index contributed by atoms with van der Waals surface area (Å²) in [7, 11) is 0. The third kappa shape index (κ3) is 2.02. The molecular weight excluding hydrogens is 234 g/mol. The lowest BCUT2D eigenvalue weighted by molar-refractivity contribution is 0.0683. The molecule has 3 heteroatoms. The van der Waals surface area contributed by atoms with E-state index < -0.39 is 17.2 Å². The SMILES string of the molecule is CCC(O)(c1ccccc1)c1c(F)cccc1F. The van der Waals surface area contributed by atoms with Crippen molar-refractivity contribution in [2.75, 3.05) is 0 Å². The van der Waals surface area contributed by atoms with Crippen LogP contribution in [0.25, 0.3) is 0 Å². The van der Waals surface area contributed by atoms with E-state index in [1.54, 1.807) is 37.3 Å². The van der Waals surface area contributed by atoms with Crippen LogP contribution >= 0.6 is 0 Å². The highest BCUT2D eigenvalue weighted by Gasteiger charge is 2.34. The first kappa shape index (κ1) is 12.7. The smallest absolute Gasteiger partial charge is 0.132 e. The van der Waals surface area contributed by atoms with Gasteiger partial charge in [0.15, 0.2) is 0 Å². The van der Waals surface area contributed by atoms with Crippen molar-refractivity contribution in [3.63, 3.8) is 0 Å². The third-order valence-electron chi connectivity index (χ3n) is 3.14. The molecule has 0 spiro atoms. The monoisotopic (exact) mass is 248 g/mol. The minimum atomic E-state index is -1.64. The molecule has 0 aliphatic carbocycles. The Balaban J connectivity index is 2.65. The summed E-state index contributed by atoms with van der Waals surface area (Å²) in [5.74, 6) is -1.47. The van der Waals surface area contributed by atoms with Crippen LogP contribution < -0.4 is 0 Å². The number of hydrogen-bond donors (Lipinski definition) is 1. The van der Waals surface area contributed by atoms with Crippen molar-refractivity contribution >= 4 is 0 Å². The molecular formula is C15H14F2O. The molecule has 1 N–H and O–H groups in total. The zero-order valence-electron chi connectivity index (χ0n) is 10.0. The van der Waals surface area contributed by atoms with E-state index >= 15 is 0 Å². The molecule has 0 bridgehead atoms. The molecule has 1 unspecified atom stereocenters. The van der Waals surface area contributed by atoms with E-state index in [-0.39, 0.29) is 12.0 Å². The average Bonchev–Trinajstić information content (AvgIpc) is 2.39. The van der Waals surface area contributed by atoms with Crippen molar-refractivity contribution in [1.82, 2.24) is 0 Å². The van der Waals surface area contributed by atoms with Gasteiger partial charge in [0.25, 0.3) is 0 Å². The predicted molar refractivity (Wildman–Crippen MR) is 66.1 cm³/mol. The Hall–Kier alpha value is -1.74. The lowest BCUT2D eigenvalue weighted by atomic mass is 9.83. The molecule has 0 amide bonds. The summed E-state index contributed by atoms with van der Waals surface area (Å²) in [5.41, 5.74) is -1.45. The van der Waals surface area contributed by atoms with Gasteiger partial charge in [-0.25, -0.2) is 8.78 Å². The van der Waals surface area contributed by atoms with E-state index in [4.69, 9.17) is 0 Å². The molecule has 0 saturated carbocycles. The average molecular weight is 248 g/mol. The molecule has 0 radical (unpaired) electrons. The van der Waals surface area contributed by atoms with E-state index in [1.807, 2.05) is 0 Å². The Kier molecular flexibility index (Phi) is 3.43. The standard InChI is InChI=1S/C15H14F2O/c1-2-15(18,11-7-4-3-5-8-11)14-12(16)9-6-10-13(14)17/h3-10,18H,2H2,1H3. The normalized spacial score (nSPS) is 14.2. The number of hydrogen-bond acceptors (Lipinski definition) is 1. The van der Waals surface area contributed by atoms with Crippen molar-refractivity contribution in [2.24, 2.45) is 0 Å². The van der Waals surface area contributed by atoms with Gasteiger partial charge in [0.1, 0.15) is 17.2 Å². The maximum absolute atomic E-state index is 13.8. The highest BCUT2D eigenvalue weighted by atomic mass is 19.1. The molecule has 1 nitrogen and oxygen atoms in total. The lowest BCUT2D eigenvalue weighted by Crippen LogP contribution is -2.29. The van der Waals surface area contributed by atoms with Gasteiger partial charge in [-0.2, -0.15) is 0 Å². The van der Waals surface area contributed by atoms with Crippen LogP contribution in [0.15, 0.2) is 48.5 Å². The molecule has 0 saturated heterocycles. The Bertz CT molecular complexity index is 519. The van der Waals surface area contributed by atoms with Crippen LogP contribution in [0.3, 0.4) is 0 Å². The van der Waals surface area contributed by atoms with Gasteiger partial charge in [-0.05, 0) is 24.1 Å². The summed E-state index contributed by atoms with van der Waals surface area (Å²) in [6, 6.07) is 12.2. The molecule has 94 valence electrons. The summed E-state index contributed by atoms with van der Waals surface area (Å²) in [6.07, 6.45) is 0.189. The fourth-order valence-electron chi connectivity index (χ4n) is 2.13. The molecule has 2 aromatic carbocycles. The van der Waals surface area contributed by atoms with E-state index in [9.17, 15) is 13.9 Å². The van der Waals surface area contributed by atoms with Crippen molar-refractivity contribution in [3.8, 4) is 0 Å². The second-order valence-electron chi connectivity index (χ2n) is 4.18. The molecule has 0 heterocycles. The fourth-order valence-corrected chi connectivity index (χ4v) is 2.13. The van der Waals surface area contributed by atoms with Gasteiger partial charge in [-0.15, -0.1) is 0 Å². The first-order chi connectivity index (χ1) is 8.59. The Morgan fingerprint density at radius 3 is 2.00 bits per heavy atom. The first-order valence-electron chi connectivity index (χ1n) is 5.82. The summed E-state index contributed by atoms with van der Waals surface area (Å²) in [5, 5.41) is 10.6. The minimum Gasteiger partial charge on any atom is -0.380 e. The molecule has 0 aromatic heterocycles. The van der Waals surface area contributed by atoms with Gasteiger partial charge in [-0.3, -0.25) is 0 Å². The molecule has 18 heavy (non-hydrogen) atoms. The van der Waals surface area contributed by atoms with Gasteiger partial charge in [0.2, 0.25) is 0 Å². The summed E-state index contributed by atoms with van der Waals surface area (Å²) in [6.45, 7) is 1.69. The van der Waals surface area contributed by atoms with Crippen LogP contribution in [0.1, 0.15) is 24.5 Å². The van der Waals surface area contributed by atoms with E-state index in [1.165, 1.54) is 6.07 Å². The Morgan fingerprint density at radius 1 is 0.944 bits per heavy atom. The van der Waals surface area contributed by atoms with Gasteiger partial charge < -0.3 is 5.11 Å². The molecule has 0 aliphatic rings. The van der Waals surface area contributed by atoms with Gasteiger partial charge in [-0.1, -0.05) is 43.3 Å². The van der Waals surface area contributed by atoms with Crippen molar-refractivity contribution in [2.45, 2.75) is 18.9 Å². The molecule has 1 atom stereocenters. The maximum Gasteiger partial charge on any atom is 0.132 e. The van der Waals surface area contributed by atoms with Crippen LogP contribution in [-0.4, -0.2) is 5.11 Å². The van der Waals surface area contributed by atoms with Crippen molar-refractivity contribution in [3.05, 3.63) is 71.3 Å². The van der Waals surface area contributed by atoms with Crippen molar-refractivity contribution in [1.29, 1.82) is 0 Å². The molecule has 0 fully saturated rings. The molecule has 2 aromatic rings. The van der Waals surface area contributed by atoms with E-state index in [0.717, 1.165) is 12.1 Å². The lowest BCUT2D eigenvalue weighted by Gasteiger charge is -2.28. The zero-order chi connectivity index (χ0) is 13.2. The second-order valence-corrected chi connectivity index (χ2v) is 4.18. The molecule has 0 aliphatic heterocycles. The van der Waals surface area contributed by atoms with Crippen LogP contribution in [0.4, 0.5) is 8.78 Å². The number of rotatable bonds is 3. The Labute approximate surface area is 105 Å². The number of halogens is 2.